The molecule has 0 saturated carbocycles. The third-order valence-corrected chi connectivity index (χ3v) is 5.66. The molecule has 3 amide bonds. The zero-order valence-corrected chi connectivity index (χ0v) is 18.5. The Morgan fingerprint density at radius 2 is 1.77 bits per heavy atom. The number of thiophene rings is 1. The van der Waals surface area contributed by atoms with Crippen molar-refractivity contribution in [3.63, 3.8) is 0 Å². The molecule has 0 aliphatic carbocycles. The minimum Gasteiger partial charge on any atom is -0.497 e. The molecule has 1 aromatic heterocycles. The summed E-state index contributed by atoms with van der Waals surface area (Å²) < 4.78 is 5.31. The molecule has 162 valence electrons. The van der Waals surface area contributed by atoms with E-state index in [4.69, 9.17) is 4.74 Å². The molecule has 0 aliphatic rings. The highest BCUT2D eigenvalue weighted by Gasteiger charge is 2.18. The number of ether oxygens (including phenoxy) is 1. The second-order valence-corrected chi connectivity index (χ2v) is 8.16. The first kappa shape index (κ1) is 22.3. The molecule has 0 fully saturated rings. The molecule has 1 heterocycles. The fourth-order valence-electron chi connectivity index (χ4n) is 3.05. The molecular weight excluding hydrogens is 412 g/mol. The largest absolute Gasteiger partial charge is 0.497 e. The molecule has 0 bridgehead atoms. The number of likely N-dealkylation sites (N-methyl/N-ethyl adjacent to an activating group) is 1. The van der Waals surface area contributed by atoms with Crippen molar-refractivity contribution in [2.45, 2.75) is 6.04 Å². The number of hydrogen-bond acceptors (Lipinski definition) is 5. The van der Waals surface area contributed by atoms with Crippen LogP contribution in [0, 0.1) is 0 Å². The topological polar surface area (TPSA) is 82.7 Å². The molecule has 0 spiro atoms. The number of methoxy groups -OCH3 is 1. The molecule has 1 unspecified atom stereocenters. The van der Waals surface area contributed by atoms with Gasteiger partial charge in [0.25, 0.3) is 5.91 Å². The maximum Gasteiger partial charge on any atom is 0.324 e. The van der Waals surface area contributed by atoms with Gasteiger partial charge in [-0.15, -0.1) is 11.3 Å². The van der Waals surface area contributed by atoms with E-state index in [2.05, 4.69) is 16.0 Å². The summed E-state index contributed by atoms with van der Waals surface area (Å²) in [6.07, 6.45) is 0. The van der Waals surface area contributed by atoms with Crippen LogP contribution in [0.25, 0.3) is 0 Å². The number of carbonyl (C=O) groups is 2. The maximum absolute atomic E-state index is 12.6. The van der Waals surface area contributed by atoms with Gasteiger partial charge in [0.05, 0.1) is 23.0 Å². The molecule has 3 N–H and O–H groups in total. The summed E-state index contributed by atoms with van der Waals surface area (Å²) >= 11 is 1.22. The van der Waals surface area contributed by atoms with Crippen molar-refractivity contribution in [3.8, 4) is 5.75 Å². The quantitative estimate of drug-likeness (QED) is 0.486. The Bertz CT molecular complexity index is 1020. The number of urea groups is 1. The van der Waals surface area contributed by atoms with E-state index in [0.29, 0.717) is 22.1 Å². The molecule has 7 nitrogen and oxygen atoms in total. The van der Waals surface area contributed by atoms with Gasteiger partial charge in [0.2, 0.25) is 0 Å². The third-order valence-electron chi connectivity index (χ3n) is 4.66. The smallest absolute Gasteiger partial charge is 0.324 e. The van der Waals surface area contributed by atoms with Gasteiger partial charge in [0.1, 0.15) is 5.75 Å². The number of benzene rings is 2. The third kappa shape index (κ3) is 6.31. The normalized spacial score (nSPS) is 11.6. The van der Waals surface area contributed by atoms with Gasteiger partial charge in [0.15, 0.2) is 0 Å². The first-order valence-corrected chi connectivity index (χ1v) is 10.6. The van der Waals surface area contributed by atoms with Crippen LogP contribution < -0.4 is 20.7 Å². The lowest BCUT2D eigenvalue weighted by atomic mass is 10.1. The monoisotopic (exact) mass is 438 g/mol. The van der Waals surface area contributed by atoms with E-state index < -0.39 is 0 Å². The number of anilines is 2. The number of nitrogens with zero attached hydrogens (tertiary/aromatic N) is 1. The Morgan fingerprint density at radius 3 is 2.48 bits per heavy atom. The van der Waals surface area contributed by atoms with Crippen molar-refractivity contribution in [1.29, 1.82) is 0 Å². The fourth-order valence-corrected chi connectivity index (χ4v) is 3.86. The van der Waals surface area contributed by atoms with Crippen LogP contribution in [-0.2, 0) is 0 Å². The highest BCUT2D eigenvalue weighted by molar-refractivity contribution is 7.18. The first-order chi connectivity index (χ1) is 15.0. The lowest BCUT2D eigenvalue weighted by Gasteiger charge is -2.25. The second-order valence-electron chi connectivity index (χ2n) is 7.08. The van der Waals surface area contributed by atoms with E-state index in [0.717, 1.165) is 11.3 Å². The van der Waals surface area contributed by atoms with Crippen molar-refractivity contribution >= 4 is 34.0 Å². The number of hydrogen-bond donors (Lipinski definition) is 3. The van der Waals surface area contributed by atoms with Crippen LogP contribution in [0.4, 0.5) is 15.5 Å². The van der Waals surface area contributed by atoms with Crippen LogP contribution in [0.3, 0.4) is 0 Å². The predicted molar refractivity (Wildman–Crippen MR) is 125 cm³/mol. The summed E-state index contributed by atoms with van der Waals surface area (Å²) in [4.78, 5) is 27.3. The minimum absolute atomic E-state index is 0.00624. The van der Waals surface area contributed by atoms with E-state index in [1.807, 2.05) is 61.5 Å². The van der Waals surface area contributed by atoms with E-state index in [-0.39, 0.29) is 18.0 Å². The summed E-state index contributed by atoms with van der Waals surface area (Å²) in [7, 11) is 5.57. The first-order valence-electron chi connectivity index (χ1n) is 9.77. The van der Waals surface area contributed by atoms with Gasteiger partial charge in [-0.3, -0.25) is 10.1 Å². The van der Waals surface area contributed by atoms with Crippen LogP contribution >= 0.6 is 11.3 Å². The summed E-state index contributed by atoms with van der Waals surface area (Å²) in [5.74, 6) is 0.592. The number of carbonyl (C=O) groups excluding carboxylic acids is 2. The average Bonchev–Trinajstić information content (AvgIpc) is 3.22. The van der Waals surface area contributed by atoms with Gasteiger partial charge in [-0.25, -0.2) is 4.79 Å². The SMILES string of the molecule is COc1cccc(C(CNC(=O)c2ccc(NC(=O)Nc3ccccc3)s2)N(C)C)c1. The Kier molecular flexibility index (Phi) is 7.64. The van der Waals surface area contributed by atoms with Gasteiger partial charge < -0.3 is 20.3 Å². The van der Waals surface area contributed by atoms with Gasteiger partial charge in [0, 0.05) is 12.2 Å². The molecule has 0 radical (unpaired) electrons. The minimum atomic E-state index is -0.356. The average molecular weight is 439 g/mol. The van der Waals surface area contributed by atoms with Crippen LogP contribution in [0.2, 0.25) is 0 Å². The molecule has 0 saturated heterocycles. The lowest BCUT2D eigenvalue weighted by Crippen LogP contribution is -2.34. The highest BCUT2D eigenvalue weighted by Crippen LogP contribution is 2.24. The predicted octanol–water partition coefficient (Wildman–Crippen LogP) is 4.43. The lowest BCUT2D eigenvalue weighted by molar-refractivity contribution is 0.0946. The van der Waals surface area contributed by atoms with Crippen molar-refractivity contribution in [2.24, 2.45) is 0 Å². The molecular formula is C23H26N4O3S. The zero-order chi connectivity index (χ0) is 22.2. The number of amides is 3. The highest BCUT2D eigenvalue weighted by atomic mass is 32.1. The molecule has 8 heteroatoms. The molecule has 3 rings (SSSR count). The second kappa shape index (κ2) is 10.6. The van der Waals surface area contributed by atoms with Crippen molar-refractivity contribution in [2.75, 3.05) is 38.4 Å². The molecule has 0 aliphatic heterocycles. The van der Waals surface area contributed by atoms with Gasteiger partial charge in [-0.1, -0.05) is 30.3 Å². The van der Waals surface area contributed by atoms with Gasteiger partial charge in [-0.05, 0) is 56.1 Å². The number of nitrogens with one attached hydrogen (secondary N) is 3. The standard InChI is InChI=1S/C23H26N4O3S/c1-27(2)19(16-8-7-11-18(14-16)30-3)15-24-22(28)20-12-13-21(31-20)26-23(29)25-17-9-5-4-6-10-17/h4-14,19H,15H2,1-3H3,(H,24,28)(H2,25,26,29). The Labute approximate surface area is 186 Å². The van der Waals surface area contributed by atoms with Crippen LogP contribution in [0.1, 0.15) is 21.3 Å². The molecule has 1 atom stereocenters. The van der Waals surface area contributed by atoms with Gasteiger partial charge >= 0.3 is 6.03 Å². The van der Waals surface area contributed by atoms with Crippen molar-refractivity contribution in [1.82, 2.24) is 10.2 Å². The zero-order valence-electron chi connectivity index (χ0n) is 17.7. The summed E-state index contributed by atoms with van der Waals surface area (Å²) in [5, 5.41) is 9.08. The van der Waals surface area contributed by atoms with E-state index in [1.165, 1.54) is 11.3 Å². The van der Waals surface area contributed by atoms with Crippen LogP contribution in [0.15, 0.2) is 66.7 Å². The summed E-state index contributed by atoms with van der Waals surface area (Å²) in [5.41, 5.74) is 1.75. The van der Waals surface area contributed by atoms with Crippen LogP contribution in [-0.4, -0.2) is 44.6 Å². The van der Waals surface area contributed by atoms with Crippen LogP contribution in [0.5, 0.6) is 5.75 Å². The molecule has 31 heavy (non-hydrogen) atoms. The maximum atomic E-state index is 12.6. The van der Waals surface area contributed by atoms with Gasteiger partial charge in [-0.2, -0.15) is 0 Å². The Morgan fingerprint density at radius 1 is 1.00 bits per heavy atom. The van der Waals surface area contributed by atoms with E-state index >= 15 is 0 Å². The van der Waals surface area contributed by atoms with E-state index in [9.17, 15) is 9.59 Å². The van der Waals surface area contributed by atoms with E-state index in [1.54, 1.807) is 31.4 Å². The number of rotatable bonds is 8. The van der Waals surface area contributed by atoms with Crippen molar-refractivity contribution < 1.29 is 14.3 Å². The summed E-state index contributed by atoms with van der Waals surface area (Å²) in [6, 6.07) is 20.0. The fraction of sp³-hybridized carbons (Fsp3) is 0.217. The summed E-state index contributed by atoms with van der Waals surface area (Å²) in [6.45, 7) is 0.439. The number of para-hydroxylation sites is 1. The molecule has 3 aromatic rings. The Balaban J connectivity index is 1.57. The Hall–Kier alpha value is -3.36. The van der Waals surface area contributed by atoms with Crippen molar-refractivity contribution in [3.05, 3.63) is 77.2 Å². The molecule has 2 aromatic carbocycles.